The van der Waals surface area contributed by atoms with Crippen molar-refractivity contribution < 1.29 is 29.0 Å². The van der Waals surface area contributed by atoms with Gasteiger partial charge >= 0.3 is 5.97 Å². The number of amides is 2. The van der Waals surface area contributed by atoms with Gasteiger partial charge in [0.25, 0.3) is 0 Å². The monoisotopic (exact) mass is 608 g/mol. The second-order valence-corrected chi connectivity index (χ2v) is 13.5. The number of carboxylic acid groups (broad SMARTS) is 1. The van der Waals surface area contributed by atoms with Gasteiger partial charge in [-0.1, -0.05) is 97.1 Å². The Morgan fingerprint density at radius 2 is 1.40 bits per heavy atom. The predicted molar refractivity (Wildman–Crippen MR) is 174 cm³/mol. The van der Waals surface area contributed by atoms with Crippen LogP contribution < -0.4 is 10.6 Å². The molecule has 1 aliphatic rings. The standard InChI is InChI=1S/C35H64N2O6/c1-6-7-8-9-10-11-12-13-14-15-16-17-18-19-22-25-30(38)36-26-23-20-21-24-29(33(40)41)27-37-32(39)31-34(2,3)28-42-35(4,5)43-31/h13-14,29,31H,6-12,15-28H2,1-5H3,(H,36,38)(H,37,39)(H,40,41). The summed E-state index contributed by atoms with van der Waals surface area (Å²) in [5, 5.41) is 15.4. The zero-order valence-corrected chi connectivity index (χ0v) is 28.1. The summed E-state index contributed by atoms with van der Waals surface area (Å²) in [5.74, 6) is -2.63. The quantitative estimate of drug-likeness (QED) is 0.0723. The fourth-order valence-electron chi connectivity index (χ4n) is 5.32. The maximum absolute atomic E-state index is 12.8. The molecule has 0 bridgehead atoms. The average Bonchev–Trinajstić information content (AvgIpc) is 2.95. The van der Waals surface area contributed by atoms with Crippen LogP contribution in [0.2, 0.25) is 0 Å². The number of unbranched alkanes of at least 4 members (excludes halogenated alkanes) is 13. The molecule has 1 fully saturated rings. The lowest BCUT2D eigenvalue weighted by molar-refractivity contribution is -0.304. The summed E-state index contributed by atoms with van der Waals surface area (Å²) in [6.45, 7) is 10.7. The van der Waals surface area contributed by atoms with Crippen molar-refractivity contribution in [2.75, 3.05) is 19.7 Å². The van der Waals surface area contributed by atoms with Crippen LogP contribution in [0.1, 0.15) is 150 Å². The molecule has 0 aromatic carbocycles. The van der Waals surface area contributed by atoms with Crippen LogP contribution in [0.3, 0.4) is 0 Å². The van der Waals surface area contributed by atoms with E-state index in [0.29, 0.717) is 26.0 Å². The highest BCUT2D eigenvalue weighted by molar-refractivity contribution is 5.82. The molecule has 0 radical (unpaired) electrons. The summed E-state index contributed by atoms with van der Waals surface area (Å²) in [6, 6.07) is 0. The number of aliphatic carboxylic acids is 1. The number of hydrogen-bond donors (Lipinski definition) is 3. The maximum Gasteiger partial charge on any atom is 0.308 e. The van der Waals surface area contributed by atoms with Gasteiger partial charge in [0.15, 0.2) is 5.79 Å². The van der Waals surface area contributed by atoms with Crippen LogP contribution >= 0.6 is 0 Å². The molecule has 0 aromatic rings. The molecular formula is C35H64N2O6. The normalized spacial score (nSPS) is 18.4. The van der Waals surface area contributed by atoms with Crippen molar-refractivity contribution in [3.05, 3.63) is 12.2 Å². The first-order valence-corrected chi connectivity index (χ1v) is 17.2. The molecular weight excluding hydrogens is 544 g/mol. The topological polar surface area (TPSA) is 114 Å². The van der Waals surface area contributed by atoms with Crippen molar-refractivity contribution in [1.82, 2.24) is 10.6 Å². The van der Waals surface area contributed by atoms with Gasteiger partial charge in [-0.15, -0.1) is 0 Å². The van der Waals surface area contributed by atoms with Gasteiger partial charge in [0.05, 0.1) is 12.5 Å². The van der Waals surface area contributed by atoms with Gasteiger partial charge in [-0.2, -0.15) is 0 Å². The van der Waals surface area contributed by atoms with Crippen LogP contribution in [0.5, 0.6) is 0 Å². The molecule has 2 atom stereocenters. The van der Waals surface area contributed by atoms with Crippen LogP contribution in [0, 0.1) is 11.3 Å². The Bertz CT molecular complexity index is 810. The molecule has 1 heterocycles. The summed E-state index contributed by atoms with van der Waals surface area (Å²) in [7, 11) is 0. The molecule has 0 aliphatic carbocycles. The number of hydrogen-bond acceptors (Lipinski definition) is 5. The van der Waals surface area contributed by atoms with E-state index in [0.717, 1.165) is 32.1 Å². The molecule has 1 saturated heterocycles. The van der Waals surface area contributed by atoms with Gasteiger partial charge < -0.3 is 25.2 Å². The van der Waals surface area contributed by atoms with Crippen molar-refractivity contribution in [2.24, 2.45) is 11.3 Å². The Kier molecular flexibility index (Phi) is 20.5. The van der Waals surface area contributed by atoms with Gasteiger partial charge in [0, 0.05) is 24.9 Å². The molecule has 250 valence electrons. The fraction of sp³-hybridized carbons (Fsp3) is 0.857. The molecule has 1 rings (SSSR count). The van der Waals surface area contributed by atoms with Crippen molar-refractivity contribution in [1.29, 1.82) is 0 Å². The lowest BCUT2D eigenvalue weighted by Gasteiger charge is -2.44. The second-order valence-electron chi connectivity index (χ2n) is 13.5. The fourth-order valence-corrected chi connectivity index (χ4v) is 5.32. The molecule has 0 saturated carbocycles. The largest absolute Gasteiger partial charge is 0.481 e. The highest BCUT2D eigenvalue weighted by atomic mass is 16.7. The highest BCUT2D eigenvalue weighted by Gasteiger charge is 2.45. The first-order chi connectivity index (χ1) is 20.5. The van der Waals surface area contributed by atoms with E-state index in [1.54, 1.807) is 13.8 Å². The SMILES string of the molecule is CCCCCCCCC=CCCCCCCCC(=O)NCCCCCC(CNC(=O)C1OC(C)(C)OCC1(C)C)C(=O)O. The van der Waals surface area contributed by atoms with Crippen molar-refractivity contribution in [3.63, 3.8) is 0 Å². The summed E-state index contributed by atoms with van der Waals surface area (Å²) in [6.07, 6.45) is 23.6. The Labute approximate surface area is 262 Å². The third kappa shape index (κ3) is 19.1. The van der Waals surface area contributed by atoms with Crippen LogP contribution in [0.15, 0.2) is 12.2 Å². The summed E-state index contributed by atoms with van der Waals surface area (Å²) >= 11 is 0. The third-order valence-corrected chi connectivity index (χ3v) is 8.23. The summed E-state index contributed by atoms with van der Waals surface area (Å²) in [4.78, 5) is 36.7. The number of allylic oxidation sites excluding steroid dienone is 2. The Hall–Kier alpha value is -1.93. The summed E-state index contributed by atoms with van der Waals surface area (Å²) in [5.41, 5.74) is -0.507. The van der Waals surface area contributed by atoms with E-state index in [9.17, 15) is 19.5 Å². The van der Waals surface area contributed by atoms with Crippen molar-refractivity contribution >= 4 is 17.8 Å². The third-order valence-electron chi connectivity index (χ3n) is 8.23. The minimum Gasteiger partial charge on any atom is -0.481 e. The second kappa shape index (κ2) is 22.6. The maximum atomic E-state index is 12.8. The number of rotatable bonds is 25. The molecule has 0 spiro atoms. The van der Waals surface area contributed by atoms with E-state index < -0.39 is 29.2 Å². The van der Waals surface area contributed by atoms with Crippen molar-refractivity contribution in [2.45, 2.75) is 162 Å². The first kappa shape index (κ1) is 39.1. The van der Waals surface area contributed by atoms with Crippen LogP contribution in [0.4, 0.5) is 0 Å². The van der Waals surface area contributed by atoms with E-state index >= 15 is 0 Å². The minimum atomic E-state index is -0.916. The van der Waals surface area contributed by atoms with Crippen LogP contribution in [-0.4, -0.2) is 54.5 Å². The molecule has 8 nitrogen and oxygen atoms in total. The Morgan fingerprint density at radius 3 is 2.02 bits per heavy atom. The molecule has 1 aliphatic heterocycles. The molecule has 0 aromatic heterocycles. The first-order valence-electron chi connectivity index (χ1n) is 17.2. The van der Waals surface area contributed by atoms with Crippen molar-refractivity contribution in [3.8, 4) is 0 Å². The number of ether oxygens (including phenoxy) is 2. The highest BCUT2D eigenvalue weighted by Crippen LogP contribution is 2.34. The Morgan fingerprint density at radius 1 is 0.814 bits per heavy atom. The van der Waals surface area contributed by atoms with E-state index in [1.807, 2.05) is 13.8 Å². The van der Waals surface area contributed by atoms with Gasteiger partial charge in [-0.25, -0.2) is 0 Å². The van der Waals surface area contributed by atoms with Gasteiger partial charge in [-0.05, 0) is 58.8 Å². The number of carboxylic acids is 1. The smallest absolute Gasteiger partial charge is 0.308 e. The molecule has 2 unspecified atom stereocenters. The zero-order chi connectivity index (χ0) is 32.0. The molecule has 3 N–H and O–H groups in total. The van der Waals surface area contributed by atoms with E-state index in [4.69, 9.17) is 9.47 Å². The van der Waals surface area contributed by atoms with E-state index in [2.05, 4.69) is 29.7 Å². The lowest BCUT2D eigenvalue weighted by atomic mass is 9.85. The lowest BCUT2D eigenvalue weighted by Crippen LogP contribution is -2.57. The molecule has 43 heavy (non-hydrogen) atoms. The summed E-state index contributed by atoms with van der Waals surface area (Å²) < 4.78 is 11.5. The van der Waals surface area contributed by atoms with Gasteiger partial charge in [0.1, 0.15) is 6.10 Å². The average molecular weight is 609 g/mol. The van der Waals surface area contributed by atoms with E-state index in [1.165, 1.54) is 70.6 Å². The van der Waals surface area contributed by atoms with Gasteiger partial charge in [0.2, 0.25) is 11.8 Å². The van der Waals surface area contributed by atoms with Crippen LogP contribution in [-0.2, 0) is 23.9 Å². The minimum absolute atomic E-state index is 0.0675. The number of nitrogens with one attached hydrogen (secondary N) is 2. The zero-order valence-electron chi connectivity index (χ0n) is 28.1. The van der Waals surface area contributed by atoms with Crippen LogP contribution in [0.25, 0.3) is 0 Å². The van der Waals surface area contributed by atoms with Gasteiger partial charge in [-0.3, -0.25) is 14.4 Å². The predicted octanol–water partition coefficient (Wildman–Crippen LogP) is 7.70. The number of carbonyl (C=O) groups excluding carboxylic acids is 2. The molecule has 8 heteroatoms. The van der Waals surface area contributed by atoms with E-state index in [-0.39, 0.29) is 18.4 Å². The number of carbonyl (C=O) groups is 3. The Balaban J connectivity index is 2.04. The molecule has 2 amide bonds.